The quantitative estimate of drug-likeness (QED) is 0.174. The average Bonchev–Trinajstić information content (AvgIpc) is 3.77. The van der Waals surface area contributed by atoms with E-state index < -0.39 is 0 Å². The monoisotopic (exact) mass is 683 g/mol. The predicted octanol–water partition coefficient (Wildman–Crippen LogP) is 10.8. The molecule has 2 aliphatic rings. The number of fused-ring (bicyclic) bond motifs is 10. The highest BCUT2D eigenvalue weighted by atomic mass is 16.4. The van der Waals surface area contributed by atoms with Crippen molar-refractivity contribution in [3.8, 4) is 11.1 Å². The van der Waals surface area contributed by atoms with E-state index in [2.05, 4.69) is 169 Å². The van der Waals surface area contributed by atoms with Gasteiger partial charge in [0.05, 0.1) is 11.3 Å². The van der Waals surface area contributed by atoms with Gasteiger partial charge >= 0.3 is 6.71 Å². The number of aromatic nitrogens is 1. The van der Waals surface area contributed by atoms with E-state index in [1.165, 1.54) is 16.6 Å². The Morgan fingerprint density at radius 2 is 1.34 bits per heavy atom. The van der Waals surface area contributed by atoms with Gasteiger partial charge < -0.3 is 13.7 Å². The topological polar surface area (TPSA) is 45.7 Å². The molecule has 11 rings (SSSR count). The highest BCUT2D eigenvalue weighted by Gasteiger charge is 2.49. The molecular formula is C47H34BN3O2. The van der Waals surface area contributed by atoms with E-state index in [4.69, 9.17) is 8.83 Å². The van der Waals surface area contributed by atoms with Crippen LogP contribution in [0, 0.1) is 0 Å². The van der Waals surface area contributed by atoms with E-state index in [0.29, 0.717) is 0 Å². The van der Waals surface area contributed by atoms with Gasteiger partial charge in [-0.1, -0.05) is 106 Å². The van der Waals surface area contributed by atoms with Crippen molar-refractivity contribution in [2.45, 2.75) is 26.2 Å². The van der Waals surface area contributed by atoms with Crippen LogP contribution in [-0.4, -0.2) is 11.7 Å². The van der Waals surface area contributed by atoms with Crippen molar-refractivity contribution in [3.05, 3.63) is 157 Å². The van der Waals surface area contributed by atoms with E-state index in [1.807, 2.05) is 18.5 Å². The minimum absolute atomic E-state index is 0.0897. The van der Waals surface area contributed by atoms with Crippen molar-refractivity contribution in [1.29, 1.82) is 0 Å². The molecule has 6 heteroatoms. The molecule has 0 saturated carbocycles. The summed E-state index contributed by atoms with van der Waals surface area (Å²) in [5.74, 6) is 0.815. The first kappa shape index (κ1) is 30.1. The first-order chi connectivity index (χ1) is 25.9. The molecule has 6 aromatic carbocycles. The summed E-state index contributed by atoms with van der Waals surface area (Å²) in [7, 11) is 0. The zero-order chi connectivity index (χ0) is 35.4. The largest absolute Gasteiger partial charge is 0.467 e. The first-order valence-electron chi connectivity index (χ1n) is 18.2. The fourth-order valence-electron chi connectivity index (χ4n) is 8.60. The Bertz CT molecular complexity index is 2900. The fraction of sp³-hybridized carbons (Fsp3) is 0.0851. The van der Waals surface area contributed by atoms with Gasteiger partial charge in [0.15, 0.2) is 0 Å². The van der Waals surface area contributed by atoms with Crippen molar-refractivity contribution in [1.82, 2.24) is 4.98 Å². The molecule has 0 spiro atoms. The molecule has 0 bridgehead atoms. The van der Waals surface area contributed by atoms with Crippen molar-refractivity contribution >= 4 is 90.3 Å². The van der Waals surface area contributed by atoms with Crippen LogP contribution in [0.2, 0.25) is 0 Å². The van der Waals surface area contributed by atoms with Gasteiger partial charge in [0, 0.05) is 62.2 Å². The first-order valence-corrected chi connectivity index (χ1v) is 18.2. The zero-order valence-corrected chi connectivity index (χ0v) is 29.7. The van der Waals surface area contributed by atoms with E-state index in [1.54, 1.807) is 0 Å². The Hall–Kier alpha value is -6.53. The van der Waals surface area contributed by atoms with Crippen LogP contribution < -0.4 is 26.4 Å². The van der Waals surface area contributed by atoms with Crippen LogP contribution >= 0.6 is 0 Å². The molecule has 9 aromatic rings. The van der Waals surface area contributed by atoms with Crippen LogP contribution in [0.5, 0.6) is 0 Å². The maximum atomic E-state index is 7.20. The lowest BCUT2D eigenvalue weighted by molar-refractivity contribution is 0.590. The molecule has 0 N–H and O–H groups in total. The number of pyridine rings is 1. The Balaban J connectivity index is 1.20. The van der Waals surface area contributed by atoms with Crippen LogP contribution in [0.3, 0.4) is 0 Å². The zero-order valence-electron chi connectivity index (χ0n) is 29.7. The second kappa shape index (κ2) is 11.0. The summed E-state index contributed by atoms with van der Waals surface area (Å²) in [4.78, 5) is 9.12. The van der Waals surface area contributed by atoms with Gasteiger partial charge in [-0.3, -0.25) is 9.88 Å². The van der Waals surface area contributed by atoms with Crippen LogP contribution in [0.1, 0.15) is 26.3 Å². The summed E-state index contributed by atoms with van der Waals surface area (Å²) >= 11 is 0. The third kappa shape index (κ3) is 4.36. The lowest BCUT2D eigenvalue weighted by Crippen LogP contribution is -2.60. The molecule has 0 amide bonds. The number of rotatable bonds is 3. The molecular weight excluding hydrogens is 649 g/mol. The minimum Gasteiger partial charge on any atom is -0.467 e. The number of furan rings is 2. The minimum atomic E-state index is -0.205. The van der Waals surface area contributed by atoms with Crippen molar-refractivity contribution < 1.29 is 8.83 Å². The van der Waals surface area contributed by atoms with Gasteiger partial charge in [0.1, 0.15) is 11.2 Å². The number of nitrogens with zero attached hydrogens (tertiary/aromatic N) is 3. The molecule has 53 heavy (non-hydrogen) atoms. The van der Waals surface area contributed by atoms with E-state index >= 15 is 0 Å². The van der Waals surface area contributed by atoms with E-state index in [0.717, 1.165) is 83.7 Å². The summed E-state index contributed by atoms with van der Waals surface area (Å²) in [6, 6.07) is 49.9. The molecule has 3 aromatic heterocycles. The van der Waals surface area contributed by atoms with E-state index in [-0.39, 0.29) is 12.1 Å². The molecule has 0 unspecified atom stereocenters. The SMILES string of the molecule is CC(C)(C)c1ccc(-c2cccc(N3c4cccc5c4B(c4oc6c(ccc7cnccc76)c4N5c4ccccc4)c4c3oc3ccccc43)c2)cc1. The maximum Gasteiger partial charge on any atom is 0.302 e. The lowest BCUT2D eigenvalue weighted by Gasteiger charge is -2.40. The molecule has 5 heterocycles. The number of para-hydroxylation sites is 2. The molecule has 0 fully saturated rings. The highest BCUT2D eigenvalue weighted by Crippen LogP contribution is 2.48. The summed E-state index contributed by atoms with van der Waals surface area (Å²) in [6.07, 6.45) is 3.75. The number of hydrogen-bond acceptors (Lipinski definition) is 5. The normalized spacial score (nSPS) is 13.5. The number of benzene rings is 6. The van der Waals surface area contributed by atoms with Gasteiger partial charge in [0.2, 0.25) is 5.88 Å². The third-order valence-corrected chi connectivity index (χ3v) is 11.1. The van der Waals surface area contributed by atoms with Crippen molar-refractivity contribution in [2.75, 3.05) is 9.80 Å². The Labute approximate surface area is 307 Å². The smallest absolute Gasteiger partial charge is 0.302 e. The number of anilines is 6. The van der Waals surface area contributed by atoms with Crippen LogP contribution in [0.4, 0.5) is 34.3 Å². The molecule has 5 nitrogen and oxygen atoms in total. The average molecular weight is 684 g/mol. The molecule has 252 valence electrons. The Morgan fingerprint density at radius 3 is 2.17 bits per heavy atom. The van der Waals surface area contributed by atoms with Gasteiger partial charge in [-0.25, -0.2) is 0 Å². The molecule has 0 aliphatic carbocycles. The van der Waals surface area contributed by atoms with Crippen LogP contribution in [0.25, 0.3) is 43.8 Å². The number of hydrogen-bond donors (Lipinski definition) is 0. The molecule has 0 radical (unpaired) electrons. The third-order valence-electron chi connectivity index (χ3n) is 11.1. The van der Waals surface area contributed by atoms with E-state index in [9.17, 15) is 0 Å². The van der Waals surface area contributed by atoms with Crippen molar-refractivity contribution in [2.24, 2.45) is 0 Å². The van der Waals surface area contributed by atoms with Crippen LogP contribution in [0.15, 0.2) is 161 Å². The van der Waals surface area contributed by atoms with Gasteiger partial charge in [-0.15, -0.1) is 0 Å². The highest BCUT2D eigenvalue weighted by molar-refractivity contribution is 7.01. The molecule has 0 atom stereocenters. The lowest BCUT2D eigenvalue weighted by atomic mass is 9.35. The fourth-order valence-corrected chi connectivity index (χ4v) is 8.60. The second-order valence-corrected chi connectivity index (χ2v) is 15.2. The van der Waals surface area contributed by atoms with Gasteiger partial charge in [-0.05, 0) is 82.2 Å². The predicted molar refractivity (Wildman–Crippen MR) is 219 cm³/mol. The maximum absolute atomic E-state index is 7.20. The summed E-state index contributed by atoms with van der Waals surface area (Å²) in [5, 5.41) is 4.25. The molecule has 0 saturated heterocycles. The summed E-state index contributed by atoms with van der Waals surface area (Å²) < 4.78 is 14.1. The molecule has 2 aliphatic heterocycles. The standard InChI is InChI=1S/C47H34BN3O2/c1-47(2,3)32-22-19-29(20-23-32)30-11-9-14-34(27-30)51-39-17-10-16-38-42(39)48(41-36-15-7-8-18-40(36)52-46(41)51)45-43(50(38)33-12-5-4-6-13-33)37-24-21-31-28-49-26-25-35(31)44(37)53-45/h4-28H,1-3H3. The summed E-state index contributed by atoms with van der Waals surface area (Å²) in [6.45, 7) is 6.56. The van der Waals surface area contributed by atoms with Crippen LogP contribution in [-0.2, 0) is 5.41 Å². The van der Waals surface area contributed by atoms with Gasteiger partial charge in [0.25, 0.3) is 0 Å². The Kier molecular flexibility index (Phi) is 6.25. The Morgan fingerprint density at radius 1 is 0.585 bits per heavy atom. The van der Waals surface area contributed by atoms with Crippen molar-refractivity contribution in [3.63, 3.8) is 0 Å². The van der Waals surface area contributed by atoms with Gasteiger partial charge in [-0.2, -0.15) is 0 Å². The second-order valence-electron chi connectivity index (χ2n) is 15.2. The summed E-state index contributed by atoms with van der Waals surface area (Å²) in [5.41, 5.74) is 14.0.